The molecule has 0 unspecified atom stereocenters. The molecule has 2 aromatic heterocycles. The van der Waals surface area contributed by atoms with Crippen LogP contribution in [0, 0.1) is 0 Å². The minimum Gasteiger partial charge on any atom is -0.457 e. The monoisotopic (exact) mass is 378 g/mol. The number of aromatic nitrogens is 8. The van der Waals surface area contributed by atoms with Crippen LogP contribution < -0.4 is 15.6 Å². The van der Waals surface area contributed by atoms with Crippen LogP contribution in [0.15, 0.2) is 0 Å². The quantitative estimate of drug-likeness (QED) is 0.288. The zero-order valence-corrected chi connectivity index (χ0v) is 14.4. The van der Waals surface area contributed by atoms with Gasteiger partial charge in [-0.05, 0) is 19.4 Å². The third-order valence-corrected chi connectivity index (χ3v) is 1.77. The summed E-state index contributed by atoms with van der Waals surface area (Å²) < 4.78 is 0. The first kappa shape index (κ1) is 23.0. The number of tetrazole rings is 2. The third kappa shape index (κ3) is 8.59. The summed E-state index contributed by atoms with van der Waals surface area (Å²) in [7, 11) is 0. The van der Waals surface area contributed by atoms with Crippen LogP contribution in [0.4, 0.5) is 0 Å². The molecule has 12 nitrogen and oxygen atoms in total. The maximum Gasteiger partial charge on any atom is 2.00 e. The van der Waals surface area contributed by atoms with E-state index in [0.29, 0.717) is 24.5 Å². The Labute approximate surface area is 128 Å². The molecule has 2 aromatic rings. The van der Waals surface area contributed by atoms with E-state index in [1.54, 1.807) is 0 Å². The first-order valence-electron chi connectivity index (χ1n) is 4.51. The molecule has 0 aromatic carbocycles. The van der Waals surface area contributed by atoms with E-state index in [9.17, 15) is 0 Å². The van der Waals surface area contributed by atoms with Gasteiger partial charge in [-0.25, -0.2) is 0 Å². The van der Waals surface area contributed by atoms with Gasteiger partial charge in [0.05, 0.1) is 0 Å². The van der Waals surface area contributed by atoms with Crippen molar-refractivity contribution >= 4 is 0 Å². The minimum atomic E-state index is 0. The SMILES string of the molecule is C(Cc1nn[n-]n1)NCCc1nnn[n-]1.[Cd+2].[OH3+].[OH3+].[OH3+]. The molecular formula is C6H18CdN9O3+3. The standard InChI is InChI=1S/C6H9N9.Cd.3H2O/c1(5-8-12-13-9-5)3-7-4-2-6-10-14-15-11-6;;;;/h7H,1-4H2;;3*1H2/q-2;+2;;;/p+3. The van der Waals surface area contributed by atoms with Gasteiger partial charge in [0.2, 0.25) is 0 Å². The second-order valence-corrected chi connectivity index (χ2v) is 2.84. The molecule has 0 atom stereocenters. The molecule has 0 radical (unpaired) electrons. The van der Waals surface area contributed by atoms with E-state index in [1.165, 1.54) is 0 Å². The second-order valence-electron chi connectivity index (χ2n) is 2.84. The van der Waals surface area contributed by atoms with Crippen molar-refractivity contribution in [3.63, 3.8) is 0 Å². The smallest absolute Gasteiger partial charge is 0.457 e. The molecule has 0 aliphatic rings. The minimum absolute atomic E-state index is 0. The summed E-state index contributed by atoms with van der Waals surface area (Å²) in [5.41, 5.74) is 0. The Bertz CT molecular complexity index is 333. The van der Waals surface area contributed by atoms with Crippen molar-refractivity contribution in [2.75, 3.05) is 13.1 Å². The molecule has 2 rings (SSSR count). The number of nitrogens with one attached hydrogen (secondary N) is 1. The van der Waals surface area contributed by atoms with Crippen LogP contribution in [0.5, 0.6) is 0 Å². The first-order valence-corrected chi connectivity index (χ1v) is 4.51. The average molecular weight is 377 g/mol. The van der Waals surface area contributed by atoms with Crippen molar-refractivity contribution in [1.29, 1.82) is 0 Å². The van der Waals surface area contributed by atoms with Crippen LogP contribution in [0.2, 0.25) is 0 Å². The molecule has 10 N–H and O–H groups in total. The van der Waals surface area contributed by atoms with Gasteiger partial charge in [0.25, 0.3) is 0 Å². The van der Waals surface area contributed by atoms with E-state index in [0.717, 1.165) is 13.1 Å². The average Bonchev–Trinajstić information content (AvgIpc) is 2.88. The van der Waals surface area contributed by atoms with Gasteiger partial charge in [-0.15, -0.1) is 0 Å². The van der Waals surface area contributed by atoms with Crippen molar-refractivity contribution in [2.45, 2.75) is 12.8 Å². The maximum absolute atomic E-state index is 3.71. The normalized spacial score (nSPS) is 8.42. The van der Waals surface area contributed by atoms with Gasteiger partial charge >= 0.3 is 27.3 Å². The van der Waals surface area contributed by atoms with Gasteiger partial charge in [0, 0.05) is 18.2 Å². The number of hydrogen-bond donors (Lipinski definition) is 1. The van der Waals surface area contributed by atoms with E-state index in [-0.39, 0.29) is 43.7 Å². The summed E-state index contributed by atoms with van der Waals surface area (Å²) in [6, 6.07) is 0. The third-order valence-electron chi connectivity index (χ3n) is 1.77. The molecule has 0 amide bonds. The van der Waals surface area contributed by atoms with E-state index < -0.39 is 0 Å². The molecule has 0 aliphatic carbocycles. The van der Waals surface area contributed by atoms with Gasteiger partial charge in [-0.2, -0.15) is 5.21 Å². The Morgan fingerprint density at radius 2 is 1.68 bits per heavy atom. The van der Waals surface area contributed by atoms with E-state index in [4.69, 9.17) is 0 Å². The Morgan fingerprint density at radius 1 is 0.947 bits per heavy atom. The second kappa shape index (κ2) is 13.3. The molecule has 13 heteroatoms. The fraction of sp³-hybridized carbons (Fsp3) is 0.667. The van der Waals surface area contributed by atoms with Crippen molar-refractivity contribution in [3.05, 3.63) is 11.6 Å². The van der Waals surface area contributed by atoms with Gasteiger partial charge in [0.1, 0.15) is 0 Å². The number of nitrogens with zero attached hydrogens (tertiary/aromatic N) is 8. The Hall–Kier alpha value is -1.10. The van der Waals surface area contributed by atoms with Crippen molar-refractivity contribution in [2.24, 2.45) is 0 Å². The largest absolute Gasteiger partial charge is 2.00 e. The summed E-state index contributed by atoms with van der Waals surface area (Å²) in [5.74, 6) is 1.30. The Balaban J connectivity index is -0.000000640. The molecule has 2 heterocycles. The molecule has 0 bridgehead atoms. The van der Waals surface area contributed by atoms with Crippen LogP contribution >= 0.6 is 0 Å². The molecule has 0 spiro atoms. The van der Waals surface area contributed by atoms with Gasteiger partial charge < -0.3 is 31.9 Å². The number of rotatable bonds is 6. The van der Waals surface area contributed by atoms with E-state index >= 15 is 0 Å². The van der Waals surface area contributed by atoms with Crippen LogP contribution in [-0.2, 0) is 56.6 Å². The zero-order chi connectivity index (χ0) is 10.3. The predicted molar refractivity (Wildman–Crippen MR) is 61.2 cm³/mol. The molecule has 0 aliphatic heterocycles. The first-order chi connectivity index (χ1) is 7.45. The predicted octanol–water partition coefficient (Wildman–Crippen LogP) is -5.42. The van der Waals surface area contributed by atoms with Crippen molar-refractivity contribution in [1.82, 2.24) is 46.6 Å². The number of hydrogen-bond acceptors (Lipinski definition) is 7. The Kier molecular flexibility index (Phi) is 16.2. The molecular weight excluding hydrogens is 359 g/mol. The summed E-state index contributed by atoms with van der Waals surface area (Å²) in [5, 5.41) is 31.6. The summed E-state index contributed by atoms with van der Waals surface area (Å²) in [6.07, 6.45) is 1.43. The topological polar surface area (TPSA) is 217 Å². The summed E-state index contributed by atoms with van der Waals surface area (Å²) in [6.45, 7) is 1.55. The zero-order valence-electron chi connectivity index (χ0n) is 10.3. The Morgan fingerprint density at radius 3 is 2.26 bits per heavy atom. The van der Waals surface area contributed by atoms with Crippen LogP contribution in [-0.4, -0.2) is 44.0 Å². The molecule has 0 fully saturated rings. The van der Waals surface area contributed by atoms with Crippen LogP contribution in [0.3, 0.4) is 0 Å². The van der Waals surface area contributed by atoms with Crippen molar-refractivity contribution < 1.29 is 43.7 Å². The fourth-order valence-corrected chi connectivity index (χ4v) is 1.05. The van der Waals surface area contributed by atoms with Gasteiger partial charge in [-0.1, -0.05) is 0 Å². The summed E-state index contributed by atoms with van der Waals surface area (Å²) >= 11 is 0. The maximum atomic E-state index is 3.71. The molecule has 104 valence electrons. The van der Waals surface area contributed by atoms with Gasteiger partial charge in [-0.3, -0.25) is 25.8 Å². The van der Waals surface area contributed by atoms with Crippen LogP contribution in [0.1, 0.15) is 11.6 Å². The van der Waals surface area contributed by atoms with Crippen molar-refractivity contribution in [3.8, 4) is 0 Å². The molecule has 0 saturated heterocycles. The van der Waals surface area contributed by atoms with E-state index in [1.807, 2.05) is 0 Å². The van der Waals surface area contributed by atoms with Crippen LogP contribution in [0.25, 0.3) is 0 Å². The molecule has 19 heavy (non-hydrogen) atoms. The fourth-order valence-electron chi connectivity index (χ4n) is 1.05. The van der Waals surface area contributed by atoms with Gasteiger partial charge in [0.15, 0.2) is 0 Å². The summed E-state index contributed by atoms with van der Waals surface area (Å²) in [4.78, 5) is 0. The molecule has 0 saturated carbocycles. The van der Waals surface area contributed by atoms with E-state index in [2.05, 4.69) is 46.6 Å².